The highest BCUT2D eigenvalue weighted by Gasteiger charge is 2.43. The number of carbonyl (C=O) groups excluding carboxylic acids is 3. The zero-order chi connectivity index (χ0) is 26.1. The largest absolute Gasteiger partial charge is 0.483 e. The van der Waals surface area contributed by atoms with E-state index in [0.717, 1.165) is 77.1 Å². The lowest BCUT2D eigenvalue weighted by molar-refractivity contribution is -0.119. The molecule has 0 saturated heterocycles. The van der Waals surface area contributed by atoms with Gasteiger partial charge in [-0.1, -0.05) is 35.9 Å². The second-order valence-electron chi connectivity index (χ2n) is 10.1. The summed E-state index contributed by atoms with van der Waals surface area (Å²) in [6.45, 7) is 6.62. The summed E-state index contributed by atoms with van der Waals surface area (Å²) in [7, 11) is 0. The number of Topliss-reactive ketones (excluding diaryl/α,β-unsaturated/α-hetero) is 2. The molecule has 0 radical (unpaired) electrons. The fourth-order valence-corrected chi connectivity index (χ4v) is 6.04. The van der Waals surface area contributed by atoms with Gasteiger partial charge in [0.15, 0.2) is 18.2 Å². The molecular formula is C31H34N2O4. The van der Waals surface area contributed by atoms with E-state index in [1.807, 2.05) is 56.3 Å². The number of para-hydroxylation sites is 1. The molecule has 6 heteroatoms. The average molecular weight is 499 g/mol. The van der Waals surface area contributed by atoms with E-state index in [2.05, 4.69) is 17.1 Å². The maximum absolute atomic E-state index is 13.4. The molecule has 1 N–H and O–H groups in total. The van der Waals surface area contributed by atoms with Crippen LogP contribution in [0, 0.1) is 13.8 Å². The van der Waals surface area contributed by atoms with E-state index in [1.165, 1.54) is 0 Å². The first-order valence-electron chi connectivity index (χ1n) is 13.3. The van der Waals surface area contributed by atoms with Gasteiger partial charge in [0.25, 0.3) is 5.91 Å². The van der Waals surface area contributed by atoms with E-state index in [4.69, 9.17) is 4.74 Å². The highest BCUT2D eigenvalue weighted by molar-refractivity contribution is 6.06. The molecule has 0 aromatic heterocycles. The second kappa shape index (κ2) is 10.4. The monoisotopic (exact) mass is 498 g/mol. The Balaban J connectivity index is 1.49. The number of hydrogen-bond donors (Lipinski definition) is 1. The summed E-state index contributed by atoms with van der Waals surface area (Å²) in [5.41, 5.74) is 7.23. The summed E-state index contributed by atoms with van der Waals surface area (Å²) in [5.74, 6) is 0.0366. The number of nitrogens with one attached hydrogen (secondary N) is 1. The molecule has 2 aromatic carbocycles. The molecule has 0 saturated carbocycles. The van der Waals surface area contributed by atoms with Crippen molar-refractivity contribution >= 4 is 23.2 Å². The number of carbonyl (C=O) groups is 3. The first kappa shape index (κ1) is 25.0. The van der Waals surface area contributed by atoms with Crippen molar-refractivity contribution in [3.05, 3.63) is 81.7 Å². The lowest BCUT2D eigenvalue weighted by atomic mass is 9.70. The summed E-state index contributed by atoms with van der Waals surface area (Å²) in [5, 5.41) is 2.93. The van der Waals surface area contributed by atoms with Crippen molar-refractivity contribution in [3.8, 4) is 5.75 Å². The molecule has 1 amide bonds. The summed E-state index contributed by atoms with van der Waals surface area (Å²) < 4.78 is 6.08. The van der Waals surface area contributed by atoms with Crippen LogP contribution in [0.15, 0.2) is 65.0 Å². The Labute approximate surface area is 218 Å². The highest BCUT2D eigenvalue weighted by atomic mass is 16.5. The second-order valence-corrected chi connectivity index (χ2v) is 10.1. The fraction of sp³-hybridized carbons (Fsp3) is 0.387. The lowest BCUT2D eigenvalue weighted by Gasteiger charge is -2.43. The first-order chi connectivity index (χ1) is 17.9. The van der Waals surface area contributed by atoms with Crippen molar-refractivity contribution in [2.24, 2.45) is 0 Å². The van der Waals surface area contributed by atoms with Gasteiger partial charge in [0, 0.05) is 59.1 Å². The molecule has 192 valence electrons. The molecule has 0 bridgehead atoms. The maximum atomic E-state index is 13.4. The quantitative estimate of drug-likeness (QED) is 0.549. The summed E-state index contributed by atoms with van der Waals surface area (Å²) >= 11 is 0. The van der Waals surface area contributed by atoms with Crippen molar-refractivity contribution in [1.29, 1.82) is 0 Å². The molecule has 37 heavy (non-hydrogen) atoms. The molecule has 1 aliphatic heterocycles. The molecule has 2 aliphatic carbocycles. The minimum absolute atomic E-state index is 0.108. The van der Waals surface area contributed by atoms with E-state index in [9.17, 15) is 14.4 Å². The maximum Gasteiger partial charge on any atom is 0.262 e. The molecule has 2 aromatic rings. The minimum atomic E-state index is -0.452. The van der Waals surface area contributed by atoms with Crippen molar-refractivity contribution in [2.75, 3.05) is 18.5 Å². The average Bonchev–Trinajstić information content (AvgIpc) is 2.88. The number of ketones is 2. The van der Waals surface area contributed by atoms with Crippen molar-refractivity contribution in [1.82, 2.24) is 4.90 Å². The van der Waals surface area contributed by atoms with E-state index in [-0.39, 0.29) is 24.1 Å². The molecule has 0 unspecified atom stereocenters. The molecule has 5 rings (SSSR count). The molecule has 0 atom stereocenters. The van der Waals surface area contributed by atoms with E-state index < -0.39 is 5.92 Å². The number of nitrogens with zero attached hydrogens (tertiary/aromatic N) is 1. The molecule has 6 nitrogen and oxygen atoms in total. The van der Waals surface area contributed by atoms with Gasteiger partial charge in [-0.25, -0.2) is 0 Å². The van der Waals surface area contributed by atoms with Gasteiger partial charge in [-0.2, -0.15) is 0 Å². The third-order valence-electron chi connectivity index (χ3n) is 7.65. The first-order valence-corrected chi connectivity index (χ1v) is 13.3. The molecular weight excluding hydrogens is 464 g/mol. The van der Waals surface area contributed by atoms with Gasteiger partial charge in [-0.3, -0.25) is 14.4 Å². The third-order valence-corrected chi connectivity index (χ3v) is 7.65. The number of rotatable bonds is 6. The van der Waals surface area contributed by atoms with Crippen LogP contribution < -0.4 is 10.1 Å². The van der Waals surface area contributed by atoms with Crippen LogP contribution in [0.2, 0.25) is 0 Å². The lowest BCUT2D eigenvalue weighted by Crippen LogP contribution is -2.39. The van der Waals surface area contributed by atoms with Crippen LogP contribution in [0.25, 0.3) is 0 Å². The van der Waals surface area contributed by atoms with Crippen LogP contribution in [-0.2, 0) is 14.4 Å². The van der Waals surface area contributed by atoms with E-state index in [0.29, 0.717) is 18.6 Å². The van der Waals surface area contributed by atoms with Gasteiger partial charge in [-0.05, 0) is 64.2 Å². The van der Waals surface area contributed by atoms with Crippen LogP contribution in [-0.4, -0.2) is 35.5 Å². The predicted octanol–water partition coefficient (Wildman–Crippen LogP) is 5.75. The van der Waals surface area contributed by atoms with Crippen LogP contribution in [0.3, 0.4) is 0 Å². The van der Waals surface area contributed by atoms with Crippen molar-refractivity contribution in [3.63, 3.8) is 0 Å². The Morgan fingerprint density at radius 3 is 2.22 bits per heavy atom. The molecule has 1 heterocycles. The van der Waals surface area contributed by atoms with E-state index in [1.54, 1.807) is 0 Å². The normalized spacial score (nSPS) is 18.1. The zero-order valence-corrected chi connectivity index (χ0v) is 21.9. The predicted molar refractivity (Wildman–Crippen MR) is 143 cm³/mol. The van der Waals surface area contributed by atoms with Crippen LogP contribution >= 0.6 is 0 Å². The number of amides is 1. The molecule has 0 fully saturated rings. The standard InChI is InChI=1S/C31H34N2O4/c1-4-33-23-10-7-12-25(34)30(23)29(31-24(33)11-8-13-26(31)35)21-9-5-6-14-27(21)37-18-28(36)32-22-16-15-19(2)17-20(22)3/h5-6,9,14-17,29H,4,7-8,10-13,18H2,1-3H3,(H,32,36). The number of ether oxygens (including phenoxy) is 1. The Morgan fingerprint density at radius 2 is 1.59 bits per heavy atom. The van der Waals surface area contributed by atoms with Gasteiger partial charge in [0.05, 0.1) is 0 Å². The van der Waals surface area contributed by atoms with Crippen LogP contribution in [0.1, 0.15) is 68.1 Å². The molecule has 0 spiro atoms. The Morgan fingerprint density at radius 1 is 0.946 bits per heavy atom. The number of benzene rings is 2. The van der Waals surface area contributed by atoms with Crippen LogP contribution in [0.5, 0.6) is 5.75 Å². The van der Waals surface area contributed by atoms with Crippen molar-refractivity contribution in [2.45, 2.75) is 65.2 Å². The molecule has 3 aliphatic rings. The minimum Gasteiger partial charge on any atom is -0.483 e. The van der Waals surface area contributed by atoms with Gasteiger partial charge in [0.2, 0.25) is 0 Å². The van der Waals surface area contributed by atoms with Crippen LogP contribution in [0.4, 0.5) is 5.69 Å². The summed E-state index contributed by atoms with van der Waals surface area (Å²) in [6.07, 6.45) is 4.30. The Kier molecular flexibility index (Phi) is 7.00. The summed E-state index contributed by atoms with van der Waals surface area (Å²) in [6, 6.07) is 13.4. The van der Waals surface area contributed by atoms with Gasteiger partial charge in [-0.15, -0.1) is 0 Å². The SMILES string of the molecule is CCN1C2=C(C(=O)CCC2)C(c2ccccc2OCC(=O)Nc2ccc(C)cc2C)C2=C1CCCC2=O. The number of aryl methyl sites for hydroxylation is 2. The van der Waals surface area contributed by atoms with Gasteiger partial charge < -0.3 is 15.0 Å². The zero-order valence-electron chi connectivity index (χ0n) is 21.9. The number of allylic oxidation sites excluding steroid dienone is 4. The topological polar surface area (TPSA) is 75.7 Å². The summed E-state index contributed by atoms with van der Waals surface area (Å²) in [4.78, 5) is 41.7. The van der Waals surface area contributed by atoms with E-state index >= 15 is 0 Å². The van der Waals surface area contributed by atoms with Crippen molar-refractivity contribution < 1.29 is 19.1 Å². The fourth-order valence-electron chi connectivity index (χ4n) is 6.04. The Hall–Kier alpha value is -3.67. The Bertz CT molecular complexity index is 1290. The number of hydrogen-bond acceptors (Lipinski definition) is 5. The third kappa shape index (κ3) is 4.73. The van der Waals surface area contributed by atoms with Gasteiger partial charge in [0.1, 0.15) is 5.75 Å². The number of anilines is 1. The van der Waals surface area contributed by atoms with Gasteiger partial charge >= 0.3 is 0 Å². The smallest absolute Gasteiger partial charge is 0.262 e. The highest BCUT2D eigenvalue weighted by Crippen LogP contribution is 2.50.